The fourth-order valence-corrected chi connectivity index (χ4v) is 2.84. The number of ether oxygens (including phenoxy) is 1. The van der Waals surface area contributed by atoms with Gasteiger partial charge < -0.3 is 4.74 Å². The molecule has 1 aromatic carbocycles. The van der Waals surface area contributed by atoms with E-state index in [4.69, 9.17) is 16.3 Å². The summed E-state index contributed by atoms with van der Waals surface area (Å²) in [7, 11) is 0. The highest BCUT2D eigenvalue weighted by atomic mass is 35.5. The van der Waals surface area contributed by atoms with E-state index in [-0.39, 0.29) is 18.3 Å². The van der Waals surface area contributed by atoms with Crippen LogP contribution in [0.15, 0.2) is 46.2 Å². The van der Waals surface area contributed by atoms with E-state index in [0.29, 0.717) is 11.4 Å². The molecule has 5 nitrogen and oxygen atoms in total. The van der Waals surface area contributed by atoms with Gasteiger partial charge in [-0.15, -0.1) is 11.8 Å². The molecular weight excluding hydrogens is 324 g/mol. The quantitative estimate of drug-likeness (QED) is 0.598. The van der Waals surface area contributed by atoms with Crippen molar-refractivity contribution < 1.29 is 9.53 Å². The van der Waals surface area contributed by atoms with Gasteiger partial charge >= 0.3 is 5.97 Å². The van der Waals surface area contributed by atoms with Crippen LogP contribution in [0.2, 0.25) is 5.15 Å². The first kappa shape index (κ1) is 16.6. The van der Waals surface area contributed by atoms with Crippen LogP contribution in [0, 0.1) is 0 Å². The normalized spacial score (nSPS) is 10.5. The number of carbonyl (C=O) groups is 1. The Labute approximate surface area is 137 Å². The fourth-order valence-electron chi connectivity index (χ4n) is 1.80. The number of esters is 1. The van der Waals surface area contributed by atoms with Gasteiger partial charge in [-0.1, -0.05) is 29.8 Å². The molecule has 7 heteroatoms. The molecule has 2 aromatic rings. The molecule has 2 rings (SSSR count). The Bertz CT molecular complexity index is 704. The van der Waals surface area contributed by atoms with E-state index in [9.17, 15) is 9.59 Å². The van der Waals surface area contributed by atoms with Gasteiger partial charge in [0.1, 0.15) is 6.54 Å². The number of halogens is 1. The lowest BCUT2D eigenvalue weighted by molar-refractivity contribution is -0.143. The minimum Gasteiger partial charge on any atom is -0.465 e. The average Bonchev–Trinajstić information content (AvgIpc) is 2.52. The molecule has 0 N–H and O–H groups in total. The zero-order valence-corrected chi connectivity index (χ0v) is 13.6. The van der Waals surface area contributed by atoms with Crippen molar-refractivity contribution in [1.82, 2.24) is 9.55 Å². The molecule has 0 fully saturated rings. The van der Waals surface area contributed by atoms with E-state index in [1.54, 1.807) is 18.7 Å². The number of nitrogens with zero attached hydrogens (tertiary/aromatic N) is 2. The van der Waals surface area contributed by atoms with Crippen LogP contribution >= 0.6 is 23.4 Å². The predicted molar refractivity (Wildman–Crippen MR) is 86.1 cm³/mol. The Morgan fingerprint density at radius 1 is 1.36 bits per heavy atom. The van der Waals surface area contributed by atoms with Crippen molar-refractivity contribution in [1.29, 1.82) is 0 Å². The summed E-state index contributed by atoms with van der Waals surface area (Å²) < 4.78 is 6.20. The van der Waals surface area contributed by atoms with Gasteiger partial charge in [-0.2, -0.15) is 0 Å². The standard InChI is InChI=1S/C15H15ClN2O3S/c1-2-21-13(19)9-18-11(8-17-14(16)15(18)20)10-22-12-6-4-3-5-7-12/h3-8H,2,9-10H2,1H3. The van der Waals surface area contributed by atoms with Gasteiger partial charge in [-0.25, -0.2) is 4.98 Å². The van der Waals surface area contributed by atoms with Crippen LogP contribution in [0.1, 0.15) is 12.6 Å². The largest absolute Gasteiger partial charge is 0.465 e. The predicted octanol–water partition coefficient (Wildman–Crippen LogP) is 2.75. The molecule has 0 amide bonds. The Hall–Kier alpha value is -1.79. The summed E-state index contributed by atoms with van der Waals surface area (Å²) >= 11 is 7.31. The molecule has 0 radical (unpaired) electrons. The number of benzene rings is 1. The SMILES string of the molecule is CCOC(=O)Cn1c(CSc2ccccc2)cnc(Cl)c1=O. The highest BCUT2D eigenvalue weighted by molar-refractivity contribution is 7.98. The summed E-state index contributed by atoms with van der Waals surface area (Å²) in [6.07, 6.45) is 1.51. The smallest absolute Gasteiger partial charge is 0.326 e. The Morgan fingerprint density at radius 3 is 2.77 bits per heavy atom. The molecule has 0 bridgehead atoms. The van der Waals surface area contributed by atoms with E-state index < -0.39 is 11.5 Å². The number of carbonyl (C=O) groups excluding carboxylic acids is 1. The van der Waals surface area contributed by atoms with E-state index >= 15 is 0 Å². The Morgan fingerprint density at radius 2 is 2.09 bits per heavy atom. The first-order valence-corrected chi connectivity index (χ1v) is 8.06. The van der Waals surface area contributed by atoms with Crippen molar-refractivity contribution in [3.05, 3.63) is 57.7 Å². The van der Waals surface area contributed by atoms with Crippen LogP contribution in [0.3, 0.4) is 0 Å². The minimum atomic E-state index is -0.485. The molecule has 0 aliphatic rings. The molecule has 0 aliphatic heterocycles. The summed E-state index contributed by atoms with van der Waals surface area (Å²) in [5.74, 6) is 0.0286. The molecule has 0 aliphatic carbocycles. The summed E-state index contributed by atoms with van der Waals surface area (Å²) in [4.78, 5) is 28.7. The van der Waals surface area contributed by atoms with Gasteiger partial charge in [-0.05, 0) is 19.1 Å². The number of rotatable bonds is 6. The van der Waals surface area contributed by atoms with Crippen LogP contribution < -0.4 is 5.56 Å². The molecule has 0 unspecified atom stereocenters. The molecule has 1 heterocycles. The van der Waals surface area contributed by atoms with Gasteiger partial charge in [0.15, 0.2) is 5.15 Å². The van der Waals surface area contributed by atoms with Crippen LogP contribution in [-0.2, 0) is 21.8 Å². The third kappa shape index (κ3) is 4.35. The summed E-state index contributed by atoms with van der Waals surface area (Å²) in [5, 5.41) is -0.155. The van der Waals surface area contributed by atoms with Crippen molar-refractivity contribution >= 4 is 29.3 Å². The first-order chi connectivity index (χ1) is 10.6. The second-order valence-corrected chi connectivity index (χ2v) is 5.75. The Kier molecular flexibility index (Phi) is 6.03. The molecule has 0 spiro atoms. The van der Waals surface area contributed by atoms with Crippen molar-refractivity contribution in [2.75, 3.05) is 6.61 Å². The zero-order valence-electron chi connectivity index (χ0n) is 12.0. The van der Waals surface area contributed by atoms with Gasteiger partial charge in [0, 0.05) is 16.8 Å². The van der Waals surface area contributed by atoms with Crippen molar-refractivity contribution in [3.8, 4) is 0 Å². The zero-order chi connectivity index (χ0) is 15.9. The molecule has 0 saturated carbocycles. The third-order valence-corrected chi connectivity index (χ3v) is 4.12. The van der Waals surface area contributed by atoms with E-state index in [2.05, 4.69) is 4.98 Å². The van der Waals surface area contributed by atoms with E-state index in [1.165, 1.54) is 10.8 Å². The Balaban J connectivity index is 2.21. The lowest BCUT2D eigenvalue weighted by atomic mass is 10.4. The topological polar surface area (TPSA) is 61.2 Å². The molecule has 22 heavy (non-hydrogen) atoms. The maximum Gasteiger partial charge on any atom is 0.326 e. The van der Waals surface area contributed by atoms with Gasteiger partial charge in [0.25, 0.3) is 5.56 Å². The number of aromatic nitrogens is 2. The molecular formula is C15H15ClN2O3S. The molecule has 116 valence electrons. The molecule has 0 atom stereocenters. The maximum atomic E-state index is 12.1. The monoisotopic (exact) mass is 338 g/mol. The molecule has 1 aromatic heterocycles. The van der Waals surface area contributed by atoms with Crippen LogP contribution in [0.4, 0.5) is 0 Å². The number of hydrogen-bond donors (Lipinski definition) is 0. The van der Waals surface area contributed by atoms with E-state index in [0.717, 1.165) is 4.90 Å². The number of thioether (sulfide) groups is 1. The summed E-state index contributed by atoms with van der Waals surface area (Å²) in [5.41, 5.74) is 0.136. The van der Waals surface area contributed by atoms with Gasteiger partial charge in [0.05, 0.1) is 12.3 Å². The lowest BCUT2D eigenvalue weighted by Gasteiger charge is -2.12. The first-order valence-electron chi connectivity index (χ1n) is 6.69. The lowest BCUT2D eigenvalue weighted by Crippen LogP contribution is -2.29. The average molecular weight is 339 g/mol. The highest BCUT2D eigenvalue weighted by Gasteiger charge is 2.13. The second kappa shape index (κ2) is 8.00. The number of hydrogen-bond acceptors (Lipinski definition) is 5. The second-order valence-electron chi connectivity index (χ2n) is 4.34. The highest BCUT2D eigenvalue weighted by Crippen LogP contribution is 2.21. The third-order valence-electron chi connectivity index (χ3n) is 2.82. The van der Waals surface area contributed by atoms with Crippen molar-refractivity contribution in [2.24, 2.45) is 0 Å². The minimum absolute atomic E-state index is 0.155. The van der Waals surface area contributed by atoms with E-state index in [1.807, 2.05) is 30.3 Å². The van der Waals surface area contributed by atoms with Crippen molar-refractivity contribution in [2.45, 2.75) is 24.1 Å². The maximum absolute atomic E-state index is 12.1. The van der Waals surface area contributed by atoms with Crippen LogP contribution in [0.5, 0.6) is 0 Å². The van der Waals surface area contributed by atoms with Crippen LogP contribution in [-0.4, -0.2) is 22.1 Å². The van der Waals surface area contributed by atoms with Gasteiger partial charge in [-0.3, -0.25) is 14.2 Å². The van der Waals surface area contributed by atoms with Crippen molar-refractivity contribution in [3.63, 3.8) is 0 Å². The van der Waals surface area contributed by atoms with Gasteiger partial charge in [0.2, 0.25) is 0 Å². The van der Waals surface area contributed by atoms with Crippen LogP contribution in [0.25, 0.3) is 0 Å². The summed E-state index contributed by atoms with van der Waals surface area (Å²) in [6.45, 7) is 1.81. The fraction of sp³-hybridized carbons (Fsp3) is 0.267. The molecule has 0 saturated heterocycles. The summed E-state index contributed by atoms with van der Waals surface area (Å²) in [6, 6.07) is 9.76.